The number of benzene rings is 2. The number of aryl methyl sites for hydroxylation is 1. The lowest BCUT2D eigenvalue weighted by atomic mass is 9.88. The number of ether oxygens (including phenoxy) is 2. The van der Waals surface area contributed by atoms with Crippen LogP contribution in [0.1, 0.15) is 35.1 Å². The van der Waals surface area contributed by atoms with E-state index >= 15 is 0 Å². The Morgan fingerprint density at radius 2 is 1.86 bits per heavy atom. The number of phenols is 1. The molecule has 0 atom stereocenters. The van der Waals surface area contributed by atoms with Crippen molar-refractivity contribution >= 4 is 29.9 Å². The average molecular weight is 511 g/mol. The van der Waals surface area contributed by atoms with Crippen LogP contribution in [0.5, 0.6) is 17.2 Å². The molecule has 0 saturated heterocycles. The minimum Gasteiger partial charge on any atom is -0.508 e. The van der Waals surface area contributed by atoms with Gasteiger partial charge < -0.3 is 25.6 Å². The van der Waals surface area contributed by atoms with E-state index in [0.29, 0.717) is 36.3 Å². The zero-order valence-corrected chi connectivity index (χ0v) is 19.4. The zero-order valence-electron chi connectivity index (χ0n) is 17.0. The number of halogens is 1. The summed E-state index contributed by atoms with van der Waals surface area (Å²) in [5.41, 5.74) is 10.6. The topological polar surface area (TPSA) is 89.1 Å². The Kier molecular flexibility index (Phi) is 8.88. The van der Waals surface area contributed by atoms with E-state index in [4.69, 9.17) is 15.2 Å². The Morgan fingerprint density at radius 1 is 1.10 bits per heavy atom. The van der Waals surface area contributed by atoms with Gasteiger partial charge in [0, 0.05) is 12.1 Å². The van der Waals surface area contributed by atoms with Crippen molar-refractivity contribution in [2.45, 2.75) is 38.6 Å². The van der Waals surface area contributed by atoms with Crippen LogP contribution in [0.25, 0.3) is 0 Å². The van der Waals surface area contributed by atoms with E-state index in [1.165, 1.54) is 17.5 Å². The second kappa shape index (κ2) is 11.1. The minimum absolute atomic E-state index is 0. The van der Waals surface area contributed by atoms with Crippen molar-refractivity contribution in [1.82, 2.24) is 5.32 Å². The first-order chi connectivity index (χ1) is 13.6. The van der Waals surface area contributed by atoms with Crippen molar-refractivity contribution in [2.24, 2.45) is 10.7 Å². The maximum absolute atomic E-state index is 10.2. The molecule has 6 nitrogen and oxygen atoms in total. The van der Waals surface area contributed by atoms with Gasteiger partial charge in [-0.3, -0.25) is 0 Å². The largest absolute Gasteiger partial charge is 0.508 e. The fourth-order valence-corrected chi connectivity index (χ4v) is 3.66. The Labute approximate surface area is 189 Å². The molecule has 158 valence electrons. The first-order valence-corrected chi connectivity index (χ1v) is 9.69. The van der Waals surface area contributed by atoms with Gasteiger partial charge in [-0.25, -0.2) is 4.99 Å². The van der Waals surface area contributed by atoms with Gasteiger partial charge in [0.15, 0.2) is 17.5 Å². The molecule has 0 spiro atoms. The highest BCUT2D eigenvalue weighted by Gasteiger charge is 2.16. The van der Waals surface area contributed by atoms with Gasteiger partial charge in [0.05, 0.1) is 20.8 Å². The van der Waals surface area contributed by atoms with Crippen molar-refractivity contribution in [3.63, 3.8) is 0 Å². The highest BCUT2D eigenvalue weighted by atomic mass is 127. The van der Waals surface area contributed by atoms with Gasteiger partial charge in [0.25, 0.3) is 0 Å². The van der Waals surface area contributed by atoms with Crippen molar-refractivity contribution in [1.29, 1.82) is 0 Å². The van der Waals surface area contributed by atoms with E-state index in [1.807, 2.05) is 24.3 Å². The number of hydrogen-bond acceptors (Lipinski definition) is 4. The molecule has 4 N–H and O–H groups in total. The van der Waals surface area contributed by atoms with Gasteiger partial charge in [-0.1, -0.05) is 12.1 Å². The summed E-state index contributed by atoms with van der Waals surface area (Å²) in [7, 11) is 3.25. The van der Waals surface area contributed by atoms with Gasteiger partial charge in [0.2, 0.25) is 0 Å². The number of nitrogens with zero attached hydrogens (tertiary/aromatic N) is 1. The van der Waals surface area contributed by atoms with Gasteiger partial charge in [-0.15, -0.1) is 24.0 Å². The van der Waals surface area contributed by atoms with E-state index in [9.17, 15) is 5.11 Å². The number of nitrogens with two attached hydrogens (primary N) is 1. The number of aromatic hydroxyl groups is 1. The molecule has 0 fully saturated rings. The third-order valence-corrected chi connectivity index (χ3v) is 5.20. The monoisotopic (exact) mass is 511 g/mol. The normalized spacial score (nSPS) is 13.2. The van der Waals surface area contributed by atoms with E-state index in [0.717, 1.165) is 36.8 Å². The lowest BCUT2D eigenvalue weighted by Crippen LogP contribution is -2.33. The number of aliphatic imine (C=N–C) groups is 1. The summed E-state index contributed by atoms with van der Waals surface area (Å²) < 4.78 is 10.6. The van der Waals surface area contributed by atoms with Crippen molar-refractivity contribution < 1.29 is 14.6 Å². The van der Waals surface area contributed by atoms with Crippen LogP contribution in [0, 0.1) is 0 Å². The Bertz CT molecular complexity index is 855. The number of rotatable bonds is 7. The molecular formula is C22H30IN3O3. The molecule has 1 aliphatic rings. The smallest absolute Gasteiger partial charge is 0.188 e. The average Bonchev–Trinajstić information content (AvgIpc) is 2.72. The predicted octanol–water partition coefficient (Wildman–Crippen LogP) is 3.55. The lowest BCUT2D eigenvalue weighted by Gasteiger charge is -2.19. The summed E-state index contributed by atoms with van der Waals surface area (Å²) in [6, 6.07) is 9.66. The van der Waals surface area contributed by atoms with Crippen LogP contribution in [0.15, 0.2) is 35.3 Å². The van der Waals surface area contributed by atoms with Crippen LogP contribution in [0.3, 0.4) is 0 Å². The molecule has 0 heterocycles. The predicted molar refractivity (Wildman–Crippen MR) is 127 cm³/mol. The summed E-state index contributed by atoms with van der Waals surface area (Å²) in [5, 5.41) is 13.4. The Balaban J connectivity index is 0.00000300. The Hall–Kier alpha value is -2.16. The van der Waals surface area contributed by atoms with Crippen LogP contribution in [0.4, 0.5) is 0 Å². The molecule has 0 saturated carbocycles. The van der Waals surface area contributed by atoms with E-state index in [-0.39, 0.29) is 24.0 Å². The first kappa shape index (κ1) is 23.1. The summed E-state index contributed by atoms with van der Waals surface area (Å²) in [5.74, 6) is 2.12. The van der Waals surface area contributed by atoms with E-state index < -0.39 is 0 Å². The molecule has 2 aromatic rings. The van der Waals surface area contributed by atoms with Crippen molar-refractivity contribution in [3.8, 4) is 17.2 Å². The van der Waals surface area contributed by atoms with Gasteiger partial charge in [0.1, 0.15) is 5.75 Å². The van der Waals surface area contributed by atoms with Gasteiger partial charge in [-0.2, -0.15) is 0 Å². The fraction of sp³-hybridized carbons (Fsp3) is 0.409. The van der Waals surface area contributed by atoms with Crippen LogP contribution in [-0.2, 0) is 25.8 Å². The minimum atomic E-state index is 0. The van der Waals surface area contributed by atoms with Crippen molar-refractivity contribution in [3.05, 3.63) is 52.6 Å². The molecule has 2 aromatic carbocycles. The van der Waals surface area contributed by atoms with Crippen LogP contribution < -0.4 is 20.5 Å². The number of phenolic OH excluding ortho intramolecular Hbond substituents is 1. The standard InChI is InChI=1S/C22H29N3O3.HI/c1-27-20-10-7-15(13-21(20)28-2)11-12-24-22(23)25-14-18-17-6-4-3-5-16(17)8-9-19(18)26;/h7-10,13,26H,3-6,11-12,14H2,1-2H3,(H3,23,24,25);1H. The van der Waals surface area contributed by atoms with Gasteiger partial charge in [-0.05, 0) is 67.0 Å². The van der Waals surface area contributed by atoms with E-state index in [2.05, 4.69) is 10.3 Å². The highest BCUT2D eigenvalue weighted by Crippen LogP contribution is 2.31. The first-order valence-electron chi connectivity index (χ1n) is 9.69. The summed E-state index contributed by atoms with van der Waals surface area (Å²) in [6.07, 6.45) is 5.22. The zero-order chi connectivity index (χ0) is 19.9. The molecule has 29 heavy (non-hydrogen) atoms. The maximum Gasteiger partial charge on any atom is 0.188 e. The maximum atomic E-state index is 10.2. The second-order valence-electron chi connectivity index (χ2n) is 6.98. The van der Waals surface area contributed by atoms with Crippen molar-refractivity contribution in [2.75, 3.05) is 20.8 Å². The van der Waals surface area contributed by atoms with E-state index in [1.54, 1.807) is 20.3 Å². The van der Waals surface area contributed by atoms with Crippen LogP contribution in [-0.4, -0.2) is 31.8 Å². The quantitative estimate of drug-likeness (QED) is 0.301. The van der Waals surface area contributed by atoms with Gasteiger partial charge >= 0.3 is 0 Å². The van der Waals surface area contributed by atoms with Crippen LogP contribution >= 0.6 is 24.0 Å². The third kappa shape index (κ3) is 5.91. The molecule has 0 bridgehead atoms. The molecule has 0 amide bonds. The third-order valence-electron chi connectivity index (χ3n) is 5.20. The molecule has 0 aliphatic heterocycles. The number of guanidine groups is 1. The number of hydrogen-bond donors (Lipinski definition) is 3. The fourth-order valence-electron chi connectivity index (χ4n) is 3.66. The molecule has 3 rings (SSSR count). The summed E-state index contributed by atoms with van der Waals surface area (Å²) in [6.45, 7) is 1.05. The van der Waals surface area contributed by atoms with Crippen LogP contribution in [0.2, 0.25) is 0 Å². The SMILES string of the molecule is COc1ccc(CCNC(N)=NCc2c(O)ccc3c2CCCC3)cc1OC.I. The molecule has 0 radical (unpaired) electrons. The number of fused-ring (bicyclic) bond motifs is 1. The summed E-state index contributed by atoms with van der Waals surface area (Å²) in [4.78, 5) is 4.43. The second-order valence-corrected chi connectivity index (χ2v) is 6.98. The number of nitrogens with one attached hydrogen (secondary N) is 1. The molecule has 0 unspecified atom stereocenters. The molecular weight excluding hydrogens is 481 g/mol. The molecule has 7 heteroatoms. The lowest BCUT2D eigenvalue weighted by molar-refractivity contribution is 0.354. The Morgan fingerprint density at radius 3 is 2.62 bits per heavy atom. The molecule has 1 aliphatic carbocycles. The number of methoxy groups -OCH3 is 2. The molecule has 0 aromatic heterocycles. The highest BCUT2D eigenvalue weighted by molar-refractivity contribution is 14.0. The summed E-state index contributed by atoms with van der Waals surface area (Å²) >= 11 is 0.